The third-order valence-electron chi connectivity index (χ3n) is 4.91. The van der Waals surface area contributed by atoms with Crippen LogP contribution in [0, 0.1) is 6.92 Å². The van der Waals surface area contributed by atoms with Crippen molar-refractivity contribution in [3.05, 3.63) is 71.7 Å². The van der Waals surface area contributed by atoms with Crippen molar-refractivity contribution >= 4 is 29.1 Å². The number of methoxy groups -OCH3 is 2. The maximum absolute atomic E-state index is 12.5. The highest BCUT2D eigenvalue weighted by atomic mass is 16.5. The van der Waals surface area contributed by atoms with E-state index < -0.39 is 0 Å². The molecule has 0 saturated carbocycles. The van der Waals surface area contributed by atoms with E-state index in [1.807, 2.05) is 19.1 Å². The van der Waals surface area contributed by atoms with Crippen molar-refractivity contribution < 1.29 is 28.3 Å². The summed E-state index contributed by atoms with van der Waals surface area (Å²) in [5, 5.41) is 8.22. The Balaban J connectivity index is 1.60. The summed E-state index contributed by atoms with van der Waals surface area (Å²) in [6, 6.07) is 15.5. The van der Waals surface area contributed by atoms with Gasteiger partial charge in [0.05, 0.1) is 32.1 Å². The molecule has 0 fully saturated rings. The molecule has 0 unspecified atom stereocenters. The molecule has 178 valence electrons. The number of carbonyl (C=O) groups is 3. The molecule has 1 aromatic heterocycles. The van der Waals surface area contributed by atoms with Gasteiger partial charge in [-0.15, -0.1) is 0 Å². The lowest BCUT2D eigenvalue weighted by molar-refractivity contribution is -0.124. The largest absolute Gasteiger partial charge is 0.494 e. The van der Waals surface area contributed by atoms with Crippen LogP contribution in [0.15, 0.2) is 59.0 Å². The molecule has 0 radical (unpaired) electrons. The fraction of sp³-hybridized carbons (Fsp3) is 0.240. The predicted molar refractivity (Wildman–Crippen MR) is 127 cm³/mol. The van der Waals surface area contributed by atoms with Crippen LogP contribution in [0.5, 0.6) is 11.5 Å². The maximum Gasteiger partial charge on any atom is 0.255 e. The van der Waals surface area contributed by atoms with Crippen molar-refractivity contribution in [2.75, 3.05) is 24.9 Å². The Kier molecular flexibility index (Phi) is 8.28. The lowest BCUT2D eigenvalue weighted by atomic mass is 10.2. The maximum atomic E-state index is 12.5. The average Bonchev–Trinajstić information content (AvgIpc) is 3.27. The van der Waals surface area contributed by atoms with Gasteiger partial charge < -0.3 is 29.8 Å². The van der Waals surface area contributed by atoms with Gasteiger partial charge in [0, 0.05) is 30.5 Å². The van der Waals surface area contributed by atoms with Gasteiger partial charge in [-0.1, -0.05) is 18.2 Å². The fourth-order valence-corrected chi connectivity index (χ4v) is 3.17. The fourth-order valence-electron chi connectivity index (χ4n) is 3.17. The summed E-state index contributed by atoms with van der Waals surface area (Å²) >= 11 is 0. The monoisotopic (exact) mass is 465 g/mol. The molecule has 3 amide bonds. The first-order valence-corrected chi connectivity index (χ1v) is 10.6. The number of furan rings is 1. The van der Waals surface area contributed by atoms with Crippen LogP contribution in [0.4, 0.5) is 11.4 Å². The van der Waals surface area contributed by atoms with E-state index in [1.165, 1.54) is 14.2 Å². The molecule has 9 nitrogen and oxygen atoms in total. The Bertz CT molecular complexity index is 1160. The molecular formula is C25H27N3O6. The smallest absolute Gasteiger partial charge is 0.255 e. The van der Waals surface area contributed by atoms with Crippen LogP contribution in [0.2, 0.25) is 0 Å². The van der Waals surface area contributed by atoms with Gasteiger partial charge in [0.15, 0.2) is 0 Å². The second-order valence-electron chi connectivity index (χ2n) is 7.41. The summed E-state index contributed by atoms with van der Waals surface area (Å²) in [7, 11) is 2.90. The van der Waals surface area contributed by atoms with Crippen LogP contribution >= 0.6 is 0 Å². The molecule has 9 heteroatoms. The molecule has 0 aliphatic heterocycles. The number of nitrogens with one attached hydrogen (secondary N) is 3. The van der Waals surface area contributed by atoms with Crippen molar-refractivity contribution in [1.82, 2.24) is 5.32 Å². The number of hydrogen-bond acceptors (Lipinski definition) is 6. The first-order valence-electron chi connectivity index (χ1n) is 10.6. The van der Waals surface area contributed by atoms with E-state index in [4.69, 9.17) is 13.9 Å². The normalized spacial score (nSPS) is 10.3. The number of aryl methyl sites for hydroxylation is 1. The number of anilines is 2. The minimum atomic E-state index is -0.370. The zero-order valence-corrected chi connectivity index (χ0v) is 19.3. The van der Waals surface area contributed by atoms with Crippen LogP contribution in [-0.2, 0) is 16.1 Å². The van der Waals surface area contributed by atoms with E-state index in [9.17, 15) is 14.4 Å². The minimum Gasteiger partial charge on any atom is -0.494 e. The Morgan fingerprint density at radius 1 is 0.824 bits per heavy atom. The molecule has 1 heterocycles. The van der Waals surface area contributed by atoms with Crippen molar-refractivity contribution in [3.63, 3.8) is 0 Å². The van der Waals surface area contributed by atoms with E-state index in [-0.39, 0.29) is 37.1 Å². The molecular weight excluding hydrogens is 438 g/mol. The Morgan fingerprint density at radius 3 is 2.03 bits per heavy atom. The molecule has 2 aromatic carbocycles. The molecule has 0 aliphatic carbocycles. The van der Waals surface area contributed by atoms with Crippen LogP contribution < -0.4 is 25.4 Å². The first-order chi connectivity index (χ1) is 16.4. The number of rotatable bonds is 10. The molecule has 3 rings (SSSR count). The highest BCUT2D eigenvalue weighted by Gasteiger charge is 2.17. The Labute approximate surface area is 197 Å². The molecule has 34 heavy (non-hydrogen) atoms. The highest BCUT2D eigenvalue weighted by molar-refractivity contribution is 6.05. The molecule has 3 aromatic rings. The van der Waals surface area contributed by atoms with Gasteiger partial charge >= 0.3 is 0 Å². The van der Waals surface area contributed by atoms with Gasteiger partial charge in [0.2, 0.25) is 11.8 Å². The third-order valence-corrected chi connectivity index (χ3v) is 4.91. The van der Waals surface area contributed by atoms with Crippen LogP contribution in [0.3, 0.4) is 0 Å². The van der Waals surface area contributed by atoms with Crippen LogP contribution in [-0.4, -0.2) is 31.9 Å². The zero-order valence-electron chi connectivity index (χ0n) is 19.3. The molecule has 3 N–H and O–H groups in total. The minimum absolute atomic E-state index is 0.0101. The van der Waals surface area contributed by atoms with Gasteiger partial charge in [-0.25, -0.2) is 0 Å². The molecule has 0 atom stereocenters. The predicted octanol–water partition coefficient (Wildman–Crippen LogP) is 3.89. The van der Waals surface area contributed by atoms with E-state index >= 15 is 0 Å². The van der Waals surface area contributed by atoms with Gasteiger partial charge in [-0.3, -0.25) is 14.4 Å². The van der Waals surface area contributed by atoms with Gasteiger partial charge in [-0.05, 0) is 31.2 Å². The summed E-state index contributed by atoms with van der Waals surface area (Å²) in [5.41, 5.74) is 1.23. The number of hydrogen-bond donors (Lipinski definition) is 3. The summed E-state index contributed by atoms with van der Waals surface area (Å²) in [4.78, 5) is 37.0. The number of amides is 3. The summed E-state index contributed by atoms with van der Waals surface area (Å²) < 4.78 is 16.2. The molecule has 0 bridgehead atoms. The first kappa shape index (κ1) is 24.4. The van der Waals surface area contributed by atoms with Gasteiger partial charge in [0.1, 0.15) is 23.0 Å². The Hall–Kier alpha value is -4.27. The topological polar surface area (TPSA) is 119 Å². The second-order valence-corrected chi connectivity index (χ2v) is 7.41. The van der Waals surface area contributed by atoms with Gasteiger partial charge in [0.25, 0.3) is 5.91 Å². The van der Waals surface area contributed by atoms with E-state index in [0.717, 1.165) is 5.76 Å². The van der Waals surface area contributed by atoms with Crippen molar-refractivity contribution in [2.24, 2.45) is 0 Å². The number of carbonyl (C=O) groups excluding carboxylic acids is 3. The highest BCUT2D eigenvalue weighted by Crippen LogP contribution is 2.36. The molecule has 0 spiro atoms. The van der Waals surface area contributed by atoms with E-state index in [2.05, 4.69) is 16.0 Å². The Morgan fingerprint density at radius 2 is 1.44 bits per heavy atom. The van der Waals surface area contributed by atoms with Crippen molar-refractivity contribution in [3.8, 4) is 11.5 Å². The lowest BCUT2D eigenvalue weighted by Crippen LogP contribution is -2.24. The van der Waals surface area contributed by atoms with Crippen molar-refractivity contribution in [2.45, 2.75) is 26.3 Å². The van der Waals surface area contributed by atoms with Crippen LogP contribution in [0.1, 0.15) is 34.7 Å². The van der Waals surface area contributed by atoms with Gasteiger partial charge in [-0.2, -0.15) is 0 Å². The number of ether oxygens (including phenoxy) is 2. The molecule has 0 aliphatic rings. The SMILES string of the molecule is COc1cc(NC(=O)c2ccccc2)c(OC)cc1NC(=O)CCC(=O)NCc1ccc(C)o1. The molecule has 0 saturated heterocycles. The standard InChI is InChI=1S/C25H27N3O6/c1-16-9-10-18(34-16)15-26-23(29)11-12-24(30)27-19-13-22(33-3)20(14-21(19)32-2)28-25(31)17-7-5-4-6-8-17/h4-10,13-14H,11-12,15H2,1-3H3,(H,26,29)(H,27,30)(H,28,31). The van der Waals surface area contributed by atoms with E-state index in [1.54, 1.807) is 42.5 Å². The average molecular weight is 466 g/mol. The van der Waals surface area contributed by atoms with E-state index in [0.29, 0.717) is 34.2 Å². The summed E-state index contributed by atoms with van der Waals surface area (Å²) in [6.07, 6.45) is -0.0167. The summed E-state index contributed by atoms with van der Waals surface area (Å²) in [5.74, 6) is 1.12. The van der Waals surface area contributed by atoms with Crippen LogP contribution in [0.25, 0.3) is 0 Å². The zero-order chi connectivity index (χ0) is 24.5. The second kappa shape index (κ2) is 11.6. The van der Waals surface area contributed by atoms with Crippen molar-refractivity contribution in [1.29, 1.82) is 0 Å². The third kappa shape index (κ3) is 6.61. The summed E-state index contributed by atoms with van der Waals surface area (Å²) in [6.45, 7) is 2.08. The lowest BCUT2D eigenvalue weighted by Gasteiger charge is -2.16. The number of benzene rings is 2. The quantitative estimate of drug-likeness (QED) is 0.418.